The average molecular weight is 544 g/mol. The zero-order chi connectivity index (χ0) is 21.3. The van der Waals surface area contributed by atoms with Crippen LogP contribution in [0.3, 0.4) is 0 Å². The van der Waals surface area contributed by atoms with Gasteiger partial charge in [-0.15, -0.1) is 0 Å². The van der Waals surface area contributed by atoms with Gasteiger partial charge in [0.2, 0.25) is 0 Å². The van der Waals surface area contributed by atoms with Gasteiger partial charge in [0.15, 0.2) is 0 Å². The third-order valence-electron chi connectivity index (χ3n) is 1.85. The first-order valence-electron chi connectivity index (χ1n) is 8.14. The zero-order valence-corrected chi connectivity index (χ0v) is 24.2. The molecule has 0 bridgehead atoms. The fourth-order valence-electron chi connectivity index (χ4n) is 0.924. The number of rotatable bonds is 11. The van der Waals surface area contributed by atoms with Gasteiger partial charge in [-0.05, 0) is 51.3 Å². The molecule has 0 amide bonds. The molecule has 27 heavy (non-hydrogen) atoms. The standard InChI is InChI=1S/C8H20O5P2S2.C4H10.H3O4P.Zn/c1-5-9-14(16,10-6-2)13-15(17,11-7-3)12-8-4;1-3-4-2;1-5(2,3)4;/h5-8H2,1-4H3;3-4H2,1-2H3;(H3,1,2,3,4);. The van der Waals surface area contributed by atoms with Gasteiger partial charge >= 0.3 is 21.3 Å². The van der Waals surface area contributed by atoms with Crippen LogP contribution in [0, 0.1) is 0 Å². The van der Waals surface area contributed by atoms with Crippen molar-refractivity contribution in [2.75, 3.05) is 26.4 Å². The Labute approximate surface area is 186 Å². The van der Waals surface area contributed by atoms with E-state index in [4.69, 9.17) is 65.3 Å². The summed E-state index contributed by atoms with van der Waals surface area (Å²) in [5.41, 5.74) is 0. The molecular formula is C12H33O9P3S2Zn. The predicted octanol–water partition coefficient (Wildman–Crippen LogP) is 4.47. The summed E-state index contributed by atoms with van der Waals surface area (Å²) >= 11 is 10.4. The molecule has 9 nitrogen and oxygen atoms in total. The van der Waals surface area contributed by atoms with Gasteiger partial charge in [-0.2, -0.15) is 0 Å². The molecule has 3 N–H and O–H groups in total. The minimum absolute atomic E-state index is 0. The molecule has 0 aliphatic rings. The quantitative estimate of drug-likeness (QED) is 0.252. The Morgan fingerprint density at radius 1 is 0.667 bits per heavy atom. The van der Waals surface area contributed by atoms with Crippen molar-refractivity contribution in [1.29, 1.82) is 0 Å². The van der Waals surface area contributed by atoms with E-state index in [1.165, 1.54) is 12.8 Å². The molecule has 0 aromatic rings. The Kier molecular flexibility index (Phi) is 28.3. The molecule has 0 aromatic heterocycles. The molecule has 0 rings (SSSR count). The van der Waals surface area contributed by atoms with Crippen molar-refractivity contribution in [2.45, 2.75) is 54.4 Å². The predicted molar refractivity (Wildman–Crippen MR) is 111 cm³/mol. The van der Waals surface area contributed by atoms with Crippen LogP contribution in [0.1, 0.15) is 54.4 Å². The third-order valence-corrected chi connectivity index (χ3v) is 8.21. The Hall–Kier alpha value is 1.83. The molecule has 0 saturated carbocycles. The molecule has 0 saturated heterocycles. The maximum absolute atomic E-state index is 8.88. The van der Waals surface area contributed by atoms with Crippen molar-refractivity contribution in [3.63, 3.8) is 0 Å². The van der Waals surface area contributed by atoms with Gasteiger partial charge in [-0.25, -0.2) is 8.88 Å². The Morgan fingerprint density at radius 3 is 0.963 bits per heavy atom. The summed E-state index contributed by atoms with van der Waals surface area (Å²) in [5.74, 6) is 0. The van der Waals surface area contributed by atoms with Gasteiger partial charge in [0.05, 0.1) is 26.4 Å². The molecule has 0 aliphatic carbocycles. The molecule has 0 heterocycles. The van der Waals surface area contributed by atoms with Crippen molar-refractivity contribution in [3.05, 3.63) is 0 Å². The molecule has 0 atom stereocenters. The van der Waals surface area contributed by atoms with Crippen LogP contribution in [0.2, 0.25) is 0 Å². The van der Waals surface area contributed by atoms with Gasteiger partial charge in [-0.1, -0.05) is 26.7 Å². The van der Waals surface area contributed by atoms with Crippen LogP contribution in [0.4, 0.5) is 0 Å². The second kappa shape index (κ2) is 21.1. The van der Waals surface area contributed by atoms with Crippen molar-refractivity contribution in [1.82, 2.24) is 0 Å². The van der Waals surface area contributed by atoms with E-state index in [1.807, 2.05) is 27.7 Å². The van der Waals surface area contributed by atoms with Crippen molar-refractivity contribution >= 4 is 44.9 Å². The first-order valence-corrected chi connectivity index (χ1v) is 14.8. The smallest absolute Gasteiger partial charge is 0.309 e. The Balaban J connectivity index is -0.000000220. The number of hydrogen-bond donors (Lipinski definition) is 3. The van der Waals surface area contributed by atoms with Crippen LogP contribution >= 0.6 is 21.3 Å². The van der Waals surface area contributed by atoms with E-state index in [-0.39, 0.29) is 19.5 Å². The molecule has 15 heteroatoms. The first-order chi connectivity index (χ1) is 11.9. The zero-order valence-electron chi connectivity index (χ0n) is 16.9. The molecule has 0 aromatic carbocycles. The molecule has 0 fully saturated rings. The van der Waals surface area contributed by atoms with Crippen molar-refractivity contribution in [2.24, 2.45) is 0 Å². The monoisotopic (exact) mass is 542 g/mol. The third kappa shape index (κ3) is 30.1. The summed E-state index contributed by atoms with van der Waals surface area (Å²) in [6.45, 7) is 7.45. The summed E-state index contributed by atoms with van der Waals surface area (Å²) < 4.78 is 35.8. The van der Waals surface area contributed by atoms with Crippen LogP contribution in [0.25, 0.3) is 0 Å². The summed E-state index contributed by atoms with van der Waals surface area (Å²) in [4.78, 5) is 21.6. The van der Waals surface area contributed by atoms with Crippen LogP contribution in [0.15, 0.2) is 0 Å². The fraction of sp³-hybridized carbons (Fsp3) is 1.00. The molecule has 0 unspecified atom stereocenters. The second-order valence-corrected chi connectivity index (χ2v) is 11.3. The fourth-order valence-corrected chi connectivity index (χ4v) is 7.30. The Morgan fingerprint density at radius 2 is 0.852 bits per heavy atom. The Bertz CT molecular complexity index is 407. The van der Waals surface area contributed by atoms with Crippen molar-refractivity contribution < 1.29 is 61.1 Å². The molecule has 0 radical (unpaired) electrons. The normalized spacial score (nSPS) is 11.4. The summed E-state index contributed by atoms with van der Waals surface area (Å²) in [5, 5.41) is 0. The SMILES string of the molecule is CCCC.CCOP(=S)(OCC)OP(=S)(OCC)OCC.O=P(O)(O)O.[Zn]. The van der Waals surface area contributed by atoms with E-state index >= 15 is 0 Å². The second-order valence-electron chi connectivity index (χ2n) is 4.16. The van der Waals surface area contributed by atoms with E-state index in [1.54, 1.807) is 0 Å². The number of phosphoric acid groups is 1. The van der Waals surface area contributed by atoms with Gasteiger partial charge in [0, 0.05) is 19.5 Å². The van der Waals surface area contributed by atoms with Gasteiger partial charge < -0.3 is 32.8 Å². The van der Waals surface area contributed by atoms with Gasteiger partial charge in [0.25, 0.3) is 0 Å². The van der Waals surface area contributed by atoms with Gasteiger partial charge in [0.1, 0.15) is 0 Å². The first kappa shape index (κ1) is 36.2. The number of unbranched alkanes of at least 4 members (excludes halogenated alkanes) is 1. The minimum Gasteiger partial charge on any atom is -0.309 e. The van der Waals surface area contributed by atoms with E-state index in [0.717, 1.165) is 0 Å². The van der Waals surface area contributed by atoms with E-state index in [9.17, 15) is 0 Å². The average Bonchev–Trinajstić information content (AvgIpc) is 2.46. The molecule has 164 valence electrons. The van der Waals surface area contributed by atoms with E-state index < -0.39 is 21.3 Å². The minimum atomic E-state index is -4.64. The summed E-state index contributed by atoms with van der Waals surface area (Å²) in [6.07, 6.45) is 2.64. The molecule has 0 spiro atoms. The largest absolute Gasteiger partial charge is 0.466 e. The maximum Gasteiger partial charge on any atom is 0.466 e. The van der Waals surface area contributed by atoms with Crippen LogP contribution in [-0.4, -0.2) is 41.1 Å². The van der Waals surface area contributed by atoms with E-state index in [2.05, 4.69) is 13.8 Å². The van der Waals surface area contributed by atoms with Crippen molar-refractivity contribution in [3.8, 4) is 0 Å². The van der Waals surface area contributed by atoms with Gasteiger partial charge in [-0.3, -0.25) is 0 Å². The maximum atomic E-state index is 8.88. The van der Waals surface area contributed by atoms with Crippen LogP contribution in [0.5, 0.6) is 0 Å². The van der Waals surface area contributed by atoms with E-state index in [0.29, 0.717) is 26.4 Å². The molecule has 0 aliphatic heterocycles. The summed E-state index contributed by atoms with van der Waals surface area (Å²) in [6, 6.07) is 0. The summed E-state index contributed by atoms with van der Waals surface area (Å²) in [7, 11) is -4.64. The number of hydrogen-bond acceptors (Lipinski definition) is 8. The molecular weight excluding hydrogens is 511 g/mol. The van der Waals surface area contributed by atoms with Crippen LogP contribution in [-0.2, 0) is 70.1 Å². The topological polar surface area (TPSA) is 124 Å². The van der Waals surface area contributed by atoms with Crippen LogP contribution < -0.4 is 0 Å².